The normalized spacial score (nSPS) is 19.6. The molecule has 1 fully saturated rings. The molecule has 2 aromatic carbocycles. The SMILES string of the molecule is Cc1nn(-c2ccccc2)c2sc(C(=O)N[C@H]3CC4(CCN(C)CC4)Oc4ccccc43)cc12. The third-order valence-electron chi connectivity index (χ3n) is 7.17. The number of nitrogens with zero attached hydrogens (tertiary/aromatic N) is 3. The molecule has 7 heteroatoms. The zero-order valence-corrected chi connectivity index (χ0v) is 20.3. The maximum absolute atomic E-state index is 13.5. The van der Waals surface area contributed by atoms with Gasteiger partial charge in [-0.05, 0) is 51.1 Å². The number of piperidine rings is 1. The number of carbonyl (C=O) groups excluding carboxylic acids is 1. The Morgan fingerprint density at radius 2 is 1.85 bits per heavy atom. The van der Waals surface area contributed by atoms with Gasteiger partial charge < -0.3 is 15.0 Å². The summed E-state index contributed by atoms with van der Waals surface area (Å²) >= 11 is 1.50. The smallest absolute Gasteiger partial charge is 0.261 e. The number of rotatable bonds is 3. The van der Waals surface area contributed by atoms with Gasteiger partial charge in [0.2, 0.25) is 0 Å². The second-order valence-electron chi connectivity index (χ2n) is 9.52. The Morgan fingerprint density at radius 1 is 1.12 bits per heavy atom. The van der Waals surface area contributed by atoms with E-state index in [4.69, 9.17) is 9.84 Å². The van der Waals surface area contributed by atoms with Crippen molar-refractivity contribution in [3.05, 3.63) is 76.8 Å². The fourth-order valence-electron chi connectivity index (χ4n) is 5.21. The molecule has 6 nitrogen and oxygen atoms in total. The maximum Gasteiger partial charge on any atom is 0.261 e. The van der Waals surface area contributed by atoms with Crippen LogP contribution in [0.25, 0.3) is 15.9 Å². The number of carbonyl (C=O) groups is 1. The molecule has 174 valence electrons. The Hall–Kier alpha value is -3.16. The van der Waals surface area contributed by atoms with Crippen LogP contribution in [0.1, 0.15) is 46.2 Å². The number of hydrogen-bond acceptors (Lipinski definition) is 5. The van der Waals surface area contributed by atoms with Crippen molar-refractivity contribution >= 4 is 27.5 Å². The minimum atomic E-state index is -0.219. The molecule has 4 aromatic rings. The number of amides is 1. The highest BCUT2D eigenvalue weighted by molar-refractivity contribution is 7.20. The monoisotopic (exact) mass is 472 g/mol. The van der Waals surface area contributed by atoms with Crippen molar-refractivity contribution in [1.29, 1.82) is 0 Å². The predicted molar refractivity (Wildman–Crippen MR) is 135 cm³/mol. The molecule has 6 rings (SSSR count). The first-order valence-corrected chi connectivity index (χ1v) is 12.6. The lowest BCUT2D eigenvalue weighted by atomic mass is 9.80. The molecule has 2 aliphatic heterocycles. The highest BCUT2D eigenvalue weighted by atomic mass is 32.1. The summed E-state index contributed by atoms with van der Waals surface area (Å²) in [6.45, 7) is 4.01. The van der Waals surface area contributed by atoms with Crippen molar-refractivity contribution in [2.24, 2.45) is 0 Å². The number of thiophene rings is 1. The lowest BCUT2D eigenvalue weighted by Gasteiger charge is -2.46. The van der Waals surface area contributed by atoms with Crippen LogP contribution in [0.5, 0.6) is 5.75 Å². The quantitative estimate of drug-likeness (QED) is 0.450. The number of aryl methyl sites for hydroxylation is 1. The standard InChI is InChI=1S/C27H28N4O2S/c1-18-21-16-24(34-26(21)31(29-18)19-8-4-3-5-9-19)25(32)28-22-17-27(12-14-30(2)15-13-27)33-23-11-7-6-10-20(22)23/h3-11,16,22H,12-15,17H2,1-2H3,(H,28,32)/t22-/m0/s1. The lowest BCUT2D eigenvalue weighted by molar-refractivity contribution is -0.0195. The molecule has 0 aliphatic carbocycles. The van der Waals surface area contributed by atoms with Gasteiger partial charge in [0, 0.05) is 30.5 Å². The number of fused-ring (bicyclic) bond motifs is 2. The molecule has 1 amide bonds. The summed E-state index contributed by atoms with van der Waals surface area (Å²) in [6.07, 6.45) is 2.74. The van der Waals surface area contributed by atoms with E-state index in [2.05, 4.69) is 23.3 Å². The molecule has 0 radical (unpaired) electrons. The Bertz CT molecular complexity index is 1350. The van der Waals surface area contributed by atoms with Crippen LogP contribution in [0.3, 0.4) is 0 Å². The first-order chi connectivity index (χ1) is 16.5. The van der Waals surface area contributed by atoms with E-state index in [-0.39, 0.29) is 17.6 Å². The summed E-state index contributed by atoms with van der Waals surface area (Å²) in [4.78, 5) is 17.5. The van der Waals surface area contributed by atoms with Gasteiger partial charge >= 0.3 is 0 Å². The molecule has 1 atom stereocenters. The van der Waals surface area contributed by atoms with Crippen molar-refractivity contribution in [2.45, 2.75) is 37.8 Å². The number of benzene rings is 2. The minimum absolute atomic E-state index is 0.0370. The van der Waals surface area contributed by atoms with Crippen molar-refractivity contribution in [3.63, 3.8) is 0 Å². The molecule has 1 saturated heterocycles. The number of aromatic nitrogens is 2. The molecule has 34 heavy (non-hydrogen) atoms. The Labute approximate surface area is 203 Å². The van der Waals surface area contributed by atoms with Crippen molar-refractivity contribution in [2.75, 3.05) is 20.1 Å². The van der Waals surface area contributed by atoms with Gasteiger partial charge in [0.05, 0.1) is 22.3 Å². The van der Waals surface area contributed by atoms with Crippen molar-refractivity contribution < 1.29 is 9.53 Å². The Morgan fingerprint density at radius 3 is 2.65 bits per heavy atom. The first-order valence-electron chi connectivity index (χ1n) is 11.8. The average molecular weight is 473 g/mol. The van der Waals surface area contributed by atoms with Gasteiger partial charge in [-0.1, -0.05) is 36.4 Å². The second kappa shape index (κ2) is 8.25. The molecular weight excluding hydrogens is 444 g/mol. The topological polar surface area (TPSA) is 59.4 Å². The van der Waals surface area contributed by atoms with E-state index in [1.807, 2.05) is 66.2 Å². The van der Waals surface area contributed by atoms with Gasteiger partial charge in [0.15, 0.2) is 0 Å². The van der Waals surface area contributed by atoms with Gasteiger partial charge in [-0.25, -0.2) is 4.68 Å². The van der Waals surface area contributed by atoms with E-state index >= 15 is 0 Å². The van der Waals surface area contributed by atoms with E-state index in [9.17, 15) is 4.79 Å². The molecule has 0 saturated carbocycles. The van der Waals surface area contributed by atoms with E-state index in [0.717, 1.165) is 65.3 Å². The minimum Gasteiger partial charge on any atom is -0.487 e. The molecule has 0 bridgehead atoms. The van der Waals surface area contributed by atoms with Crippen LogP contribution in [0.2, 0.25) is 0 Å². The van der Waals surface area contributed by atoms with Crippen LogP contribution in [0.15, 0.2) is 60.7 Å². The molecule has 0 unspecified atom stereocenters. The van der Waals surface area contributed by atoms with E-state index in [0.29, 0.717) is 4.88 Å². The lowest BCUT2D eigenvalue weighted by Crippen LogP contribution is -2.51. The largest absolute Gasteiger partial charge is 0.487 e. The summed E-state index contributed by atoms with van der Waals surface area (Å²) in [5, 5.41) is 9.08. The number of ether oxygens (including phenoxy) is 1. The Balaban J connectivity index is 1.31. The molecule has 1 N–H and O–H groups in total. The highest BCUT2D eigenvalue weighted by Gasteiger charge is 2.43. The van der Waals surface area contributed by atoms with Gasteiger partial charge in [-0.2, -0.15) is 5.10 Å². The Kier molecular flexibility index (Phi) is 5.19. The summed E-state index contributed by atoms with van der Waals surface area (Å²) in [6, 6.07) is 20.1. The van der Waals surface area contributed by atoms with Crippen molar-refractivity contribution in [3.8, 4) is 11.4 Å². The second-order valence-corrected chi connectivity index (χ2v) is 10.5. The van der Waals surface area contributed by atoms with E-state index in [1.54, 1.807) is 0 Å². The number of likely N-dealkylation sites (tertiary alicyclic amines) is 1. The summed E-state index contributed by atoms with van der Waals surface area (Å²) in [5.74, 6) is 0.862. The van der Waals surface area contributed by atoms with E-state index < -0.39 is 0 Å². The molecule has 2 aliphatic rings. The van der Waals surface area contributed by atoms with E-state index in [1.165, 1.54) is 11.3 Å². The number of hydrogen-bond donors (Lipinski definition) is 1. The first kappa shape index (κ1) is 21.4. The fraction of sp³-hybridized carbons (Fsp3) is 0.333. The molecule has 1 spiro atoms. The van der Waals surface area contributed by atoms with Crippen molar-refractivity contribution in [1.82, 2.24) is 20.0 Å². The van der Waals surface area contributed by atoms with Crippen LogP contribution in [0, 0.1) is 6.92 Å². The van der Waals surface area contributed by atoms with Crippen LogP contribution in [-0.2, 0) is 0 Å². The van der Waals surface area contributed by atoms with Crippen LogP contribution in [-0.4, -0.2) is 46.3 Å². The number of nitrogens with one attached hydrogen (secondary N) is 1. The van der Waals surface area contributed by atoms with Crippen LogP contribution in [0.4, 0.5) is 0 Å². The molecule has 2 aromatic heterocycles. The summed E-state index contributed by atoms with van der Waals surface area (Å²) in [5.41, 5.74) is 2.77. The van der Waals surface area contributed by atoms with Gasteiger partial charge in [0.25, 0.3) is 5.91 Å². The van der Waals surface area contributed by atoms with Crippen LogP contribution < -0.4 is 10.1 Å². The van der Waals surface area contributed by atoms with Gasteiger partial charge in [-0.3, -0.25) is 4.79 Å². The molecule has 4 heterocycles. The summed E-state index contributed by atoms with van der Waals surface area (Å²) in [7, 11) is 2.16. The summed E-state index contributed by atoms with van der Waals surface area (Å²) < 4.78 is 8.49. The van der Waals surface area contributed by atoms with Crippen LogP contribution >= 0.6 is 11.3 Å². The maximum atomic E-state index is 13.5. The van der Waals surface area contributed by atoms with Gasteiger partial charge in [-0.15, -0.1) is 11.3 Å². The highest BCUT2D eigenvalue weighted by Crippen LogP contribution is 2.44. The number of para-hydroxylation sites is 2. The van der Waals surface area contributed by atoms with Gasteiger partial charge in [0.1, 0.15) is 16.2 Å². The fourth-order valence-corrected chi connectivity index (χ4v) is 6.30. The zero-order valence-electron chi connectivity index (χ0n) is 19.5. The third kappa shape index (κ3) is 3.69. The predicted octanol–water partition coefficient (Wildman–Crippen LogP) is 5.11. The third-order valence-corrected chi connectivity index (χ3v) is 8.28. The average Bonchev–Trinajstić information content (AvgIpc) is 3.42. The zero-order chi connectivity index (χ0) is 23.3. The molecular formula is C27H28N4O2S.